The van der Waals surface area contributed by atoms with E-state index in [4.69, 9.17) is 10.2 Å². The molecule has 0 spiro atoms. The largest absolute Gasteiger partial charge is 0.361 e. The topological polar surface area (TPSA) is 40.5 Å². The van der Waals surface area contributed by atoms with Crippen LogP contribution < -0.4 is 0 Å². The average molecular weight is 121 g/mol. The van der Waals surface area contributed by atoms with Gasteiger partial charge in [-0.3, -0.25) is 0 Å². The molecule has 0 heterocycles. The van der Waals surface area contributed by atoms with Gasteiger partial charge in [0.05, 0.1) is 5.25 Å². The first-order valence-corrected chi connectivity index (χ1v) is 2.63. The minimum Gasteiger partial charge on any atom is -0.361 e. The fourth-order valence-corrected chi connectivity index (χ4v) is 0.183. The molecule has 0 aromatic rings. The summed E-state index contributed by atoms with van der Waals surface area (Å²) in [5.41, 5.74) is 0. The van der Waals surface area contributed by atoms with E-state index >= 15 is 0 Å². The van der Waals surface area contributed by atoms with Gasteiger partial charge in [0.2, 0.25) is 6.29 Å². The van der Waals surface area contributed by atoms with E-state index in [1.54, 1.807) is 0 Å². The van der Waals surface area contributed by atoms with Crippen LogP contribution in [0.15, 0.2) is 0 Å². The Kier molecular flexibility index (Phi) is 3.42. The van der Waals surface area contributed by atoms with Crippen LogP contribution >= 0.6 is 12.6 Å². The molecule has 0 saturated carbocycles. The molecule has 1 atom stereocenters. The number of hydrogen-bond acceptors (Lipinski definition) is 3. The van der Waals surface area contributed by atoms with Crippen LogP contribution in [0.4, 0.5) is 0 Å². The summed E-state index contributed by atoms with van der Waals surface area (Å²) in [7, 11) is 0. The van der Waals surface area contributed by atoms with Crippen LogP contribution in [0.1, 0.15) is 13.3 Å². The van der Waals surface area contributed by atoms with Gasteiger partial charge < -0.3 is 10.2 Å². The molecule has 0 aliphatic carbocycles. The fraction of sp³-hybridized carbons (Fsp3) is 0.750. The normalized spacial score (nSPS) is 15.0. The highest BCUT2D eigenvalue weighted by molar-refractivity contribution is 7.81. The van der Waals surface area contributed by atoms with Gasteiger partial charge in [0.15, 0.2) is 0 Å². The van der Waals surface area contributed by atoms with Gasteiger partial charge in [-0.1, -0.05) is 6.92 Å². The van der Waals surface area contributed by atoms with Crippen LogP contribution in [0.5, 0.6) is 0 Å². The van der Waals surface area contributed by atoms with Gasteiger partial charge in [-0.15, -0.1) is 0 Å². The van der Waals surface area contributed by atoms with Gasteiger partial charge >= 0.3 is 0 Å². The molecule has 0 aliphatic rings. The monoisotopic (exact) mass is 121 g/mol. The SMILES string of the molecule is CC[C@H](S)[C](O)O. The van der Waals surface area contributed by atoms with Crippen LogP contribution in [-0.4, -0.2) is 15.5 Å². The third kappa shape index (κ3) is 2.91. The molecule has 0 fully saturated rings. The van der Waals surface area contributed by atoms with Crippen LogP contribution in [0.3, 0.4) is 0 Å². The second-order valence-corrected chi connectivity index (χ2v) is 1.91. The van der Waals surface area contributed by atoms with Gasteiger partial charge in [0, 0.05) is 0 Å². The molecule has 2 N–H and O–H groups in total. The van der Waals surface area contributed by atoms with Gasteiger partial charge in [-0.05, 0) is 6.42 Å². The molecule has 2 nitrogen and oxygen atoms in total. The average Bonchev–Trinajstić information content (AvgIpc) is 1.65. The molecule has 0 aromatic heterocycles. The first-order chi connectivity index (χ1) is 3.18. The van der Waals surface area contributed by atoms with Crippen molar-refractivity contribution >= 4 is 12.6 Å². The maximum Gasteiger partial charge on any atom is 0.231 e. The maximum absolute atomic E-state index is 8.22. The van der Waals surface area contributed by atoms with E-state index in [0.29, 0.717) is 6.42 Å². The zero-order chi connectivity index (χ0) is 5.86. The highest BCUT2D eigenvalue weighted by Crippen LogP contribution is 2.08. The lowest BCUT2D eigenvalue weighted by Crippen LogP contribution is -2.08. The van der Waals surface area contributed by atoms with Gasteiger partial charge in [0.25, 0.3) is 0 Å². The van der Waals surface area contributed by atoms with Crippen molar-refractivity contribution in [2.75, 3.05) is 0 Å². The van der Waals surface area contributed by atoms with Crippen molar-refractivity contribution in [3.8, 4) is 0 Å². The summed E-state index contributed by atoms with van der Waals surface area (Å²) in [5.74, 6) is 0. The molecule has 0 saturated heterocycles. The third-order valence-corrected chi connectivity index (χ3v) is 1.28. The summed E-state index contributed by atoms with van der Waals surface area (Å²) >= 11 is 3.79. The Hall–Kier alpha value is 0.270. The molecule has 7 heavy (non-hydrogen) atoms. The summed E-state index contributed by atoms with van der Waals surface area (Å²) in [6.45, 7) is 1.82. The molecule has 0 aliphatic heterocycles. The number of thiol groups is 1. The third-order valence-electron chi connectivity index (χ3n) is 0.685. The van der Waals surface area contributed by atoms with Crippen molar-refractivity contribution in [2.45, 2.75) is 18.6 Å². The fourth-order valence-electron chi connectivity index (χ4n) is 0.183. The Labute approximate surface area is 48.6 Å². The molecule has 3 heteroatoms. The number of aliphatic hydroxyl groups excluding tert-OH is 1. The Balaban J connectivity index is 3.14. The number of aliphatic hydroxyl groups is 2. The second-order valence-electron chi connectivity index (χ2n) is 1.28. The van der Waals surface area contributed by atoms with Crippen molar-refractivity contribution in [3.05, 3.63) is 6.29 Å². The molecule has 0 amide bonds. The Bertz CT molecular complexity index is 47.0. The van der Waals surface area contributed by atoms with Crippen LogP contribution in [0, 0.1) is 6.29 Å². The number of rotatable bonds is 2. The Morgan fingerprint density at radius 3 is 2.14 bits per heavy atom. The van der Waals surface area contributed by atoms with Crippen LogP contribution in [0.25, 0.3) is 0 Å². The molecular weight excluding hydrogens is 112 g/mol. The zero-order valence-corrected chi connectivity index (χ0v) is 5.02. The van der Waals surface area contributed by atoms with E-state index in [-0.39, 0.29) is 5.25 Å². The van der Waals surface area contributed by atoms with E-state index < -0.39 is 6.29 Å². The van der Waals surface area contributed by atoms with Crippen molar-refractivity contribution in [3.63, 3.8) is 0 Å². The highest BCUT2D eigenvalue weighted by atomic mass is 32.1. The highest BCUT2D eigenvalue weighted by Gasteiger charge is 2.08. The molecule has 43 valence electrons. The van der Waals surface area contributed by atoms with Crippen molar-refractivity contribution in [1.82, 2.24) is 0 Å². The standard InChI is InChI=1S/C4H9O2S/c1-2-3(7)4(5)6/h3,5-7H,2H2,1H3/t3-/m0/s1. The maximum atomic E-state index is 8.22. The van der Waals surface area contributed by atoms with Crippen molar-refractivity contribution in [1.29, 1.82) is 0 Å². The van der Waals surface area contributed by atoms with Gasteiger partial charge in [0.1, 0.15) is 0 Å². The number of hydrogen-bond donors (Lipinski definition) is 3. The first kappa shape index (κ1) is 7.27. The summed E-state index contributed by atoms with van der Waals surface area (Å²) in [6, 6.07) is 0. The zero-order valence-electron chi connectivity index (χ0n) is 4.13. The summed E-state index contributed by atoms with van der Waals surface area (Å²) < 4.78 is 0. The molecule has 0 aromatic carbocycles. The van der Waals surface area contributed by atoms with Crippen molar-refractivity contribution in [2.24, 2.45) is 0 Å². The van der Waals surface area contributed by atoms with Gasteiger partial charge in [-0.2, -0.15) is 12.6 Å². The van der Waals surface area contributed by atoms with E-state index in [9.17, 15) is 0 Å². The molecule has 0 unspecified atom stereocenters. The second kappa shape index (κ2) is 3.29. The predicted molar refractivity (Wildman–Crippen MR) is 30.2 cm³/mol. The Morgan fingerprint density at radius 1 is 1.71 bits per heavy atom. The minimum atomic E-state index is -0.592. The molecule has 0 bridgehead atoms. The smallest absolute Gasteiger partial charge is 0.231 e. The van der Waals surface area contributed by atoms with E-state index in [1.165, 1.54) is 0 Å². The molecular formula is C4H9O2S. The molecule has 1 radical (unpaired) electrons. The lowest BCUT2D eigenvalue weighted by molar-refractivity contribution is 0.0769. The van der Waals surface area contributed by atoms with Crippen molar-refractivity contribution < 1.29 is 10.2 Å². The predicted octanol–water partition coefficient (Wildman–Crippen LogP) is 0.929. The molecule has 0 rings (SSSR count). The Morgan fingerprint density at radius 2 is 2.14 bits per heavy atom. The lowest BCUT2D eigenvalue weighted by Gasteiger charge is -2.05. The summed E-state index contributed by atoms with van der Waals surface area (Å²) in [6.07, 6.45) is 0.0525. The van der Waals surface area contributed by atoms with Crippen LogP contribution in [0.2, 0.25) is 0 Å². The minimum absolute atomic E-state index is 0.375. The van der Waals surface area contributed by atoms with Crippen LogP contribution in [-0.2, 0) is 0 Å². The van der Waals surface area contributed by atoms with E-state index in [0.717, 1.165) is 0 Å². The first-order valence-electron chi connectivity index (χ1n) is 2.11. The summed E-state index contributed by atoms with van der Waals surface area (Å²) in [5, 5.41) is 16.1. The quantitative estimate of drug-likeness (QED) is 0.476. The van der Waals surface area contributed by atoms with Gasteiger partial charge in [-0.25, -0.2) is 0 Å². The summed E-state index contributed by atoms with van der Waals surface area (Å²) in [4.78, 5) is 0. The van der Waals surface area contributed by atoms with E-state index in [1.807, 2.05) is 6.92 Å². The lowest BCUT2D eigenvalue weighted by atomic mass is 10.3. The van der Waals surface area contributed by atoms with E-state index in [2.05, 4.69) is 12.6 Å².